The number of piperazine rings is 1. The van der Waals surface area contributed by atoms with Crippen LogP contribution in [0.15, 0.2) is 48.5 Å². The maximum absolute atomic E-state index is 12.9. The van der Waals surface area contributed by atoms with Crippen molar-refractivity contribution in [1.82, 2.24) is 24.5 Å². The number of para-hydroxylation sites is 1. The van der Waals surface area contributed by atoms with Crippen molar-refractivity contribution in [3.63, 3.8) is 0 Å². The Balaban J connectivity index is 1.46. The maximum Gasteiger partial charge on any atom is 0.322 e. The van der Waals surface area contributed by atoms with Gasteiger partial charge in [0.15, 0.2) is 11.5 Å². The quantitative estimate of drug-likeness (QED) is 0.493. The molecule has 0 aliphatic carbocycles. The summed E-state index contributed by atoms with van der Waals surface area (Å²) in [7, 11) is 1.63. The van der Waals surface area contributed by atoms with Crippen LogP contribution in [0.5, 0.6) is 0 Å². The Hall–Kier alpha value is -3.43. The van der Waals surface area contributed by atoms with Crippen LogP contribution in [0.1, 0.15) is 12.7 Å². The normalized spacial score (nSPS) is 16.5. The lowest BCUT2D eigenvalue weighted by atomic mass is 10.2. The molecule has 1 saturated heterocycles. The topological polar surface area (TPSA) is 87.9 Å². The Morgan fingerprint density at radius 2 is 2.00 bits per heavy atom. The molecule has 0 radical (unpaired) electrons. The number of ether oxygens (including phenoxy) is 1. The van der Waals surface area contributed by atoms with E-state index in [1.165, 1.54) is 0 Å². The number of nitrogens with one attached hydrogen (secondary N) is 1. The van der Waals surface area contributed by atoms with E-state index in [9.17, 15) is 4.79 Å². The summed E-state index contributed by atoms with van der Waals surface area (Å²) < 4.78 is 7.28. The van der Waals surface area contributed by atoms with E-state index in [4.69, 9.17) is 21.3 Å². The number of anilines is 2. The summed E-state index contributed by atoms with van der Waals surface area (Å²) in [5.41, 5.74) is 2.23. The van der Waals surface area contributed by atoms with Crippen molar-refractivity contribution >= 4 is 45.8 Å². The highest BCUT2D eigenvalue weighted by atomic mass is 35.5. The van der Waals surface area contributed by atoms with Crippen LogP contribution in [0.3, 0.4) is 0 Å². The molecule has 0 bridgehead atoms. The van der Waals surface area contributed by atoms with Crippen LogP contribution >= 0.6 is 11.6 Å². The number of hydrogen-bond acceptors (Lipinski definition) is 6. The number of amides is 2. The van der Waals surface area contributed by atoms with Crippen molar-refractivity contribution in [2.45, 2.75) is 19.6 Å². The molecule has 9 nitrogen and oxygen atoms in total. The molecule has 2 aromatic heterocycles. The molecule has 1 fully saturated rings. The van der Waals surface area contributed by atoms with Crippen molar-refractivity contribution in [3.8, 4) is 0 Å². The number of methoxy groups -OCH3 is 1. The van der Waals surface area contributed by atoms with Gasteiger partial charge in [0, 0.05) is 48.9 Å². The molecule has 1 atom stereocenters. The van der Waals surface area contributed by atoms with E-state index in [0.717, 1.165) is 16.6 Å². The zero-order valence-electron chi connectivity index (χ0n) is 18.4. The van der Waals surface area contributed by atoms with E-state index in [0.29, 0.717) is 48.7 Å². The van der Waals surface area contributed by atoms with Crippen LogP contribution in [0, 0.1) is 0 Å². The Kier molecular flexibility index (Phi) is 5.74. The Morgan fingerprint density at radius 3 is 2.76 bits per heavy atom. The van der Waals surface area contributed by atoms with Gasteiger partial charge in [-0.25, -0.2) is 14.2 Å². The number of carbonyl (C=O) groups is 1. The molecule has 2 aromatic carbocycles. The maximum atomic E-state index is 12.9. The highest BCUT2D eigenvalue weighted by Gasteiger charge is 2.30. The van der Waals surface area contributed by atoms with E-state index < -0.39 is 0 Å². The van der Waals surface area contributed by atoms with Gasteiger partial charge in [-0.05, 0) is 37.3 Å². The third-order valence-corrected chi connectivity index (χ3v) is 6.06. The molecule has 170 valence electrons. The number of carbonyl (C=O) groups excluding carboxylic acids is 1. The van der Waals surface area contributed by atoms with E-state index >= 15 is 0 Å². The summed E-state index contributed by atoms with van der Waals surface area (Å²) in [6.45, 7) is 4.13. The second-order valence-corrected chi connectivity index (χ2v) is 8.50. The van der Waals surface area contributed by atoms with Gasteiger partial charge in [0.05, 0.1) is 5.52 Å². The predicted molar refractivity (Wildman–Crippen MR) is 128 cm³/mol. The highest BCUT2D eigenvalue weighted by Crippen LogP contribution is 2.28. The lowest BCUT2D eigenvalue weighted by Gasteiger charge is -2.40. The third-order valence-electron chi connectivity index (χ3n) is 5.82. The largest absolute Gasteiger partial charge is 0.377 e. The average Bonchev–Trinajstić information content (AvgIpc) is 3.23. The standard InChI is InChI=1S/C23H24ClN7O2/c1-15-13-29(10-11-30(15)23(32)25-17-6-4-3-5-7-17)22-26-19-12-16(24)8-9-18(19)21-28-27-20(14-33-2)31(21)22/h3-9,12,15H,10-11,13-14H2,1-2H3,(H,25,32)/t15-/m0/s1. The minimum Gasteiger partial charge on any atom is -0.377 e. The molecule has 0 saturated carbocycles. The molecule has 2 amide bonds. The van der Waals surface area contributed by atoms with Crippen LogP contribution in [-0.2, 0) is 11.3 Å². The third kappa shape index (κ3) is 4.05. The van der Waals surface area contributed by atoms with Gasteiger partial charge >= 0.3 is 6.03 Å². The van der Waals surface area contributed by atoms with Crippen LogP contribution in [0.4, 0.5) is 16.4 Å². The van der Waals surface area contributed by atoms with Gasteiger partial charge in [0.2, 0.25) is 5.95 Å². The minimum absolute atomic E-state index is 0.0308. The second kappa shape index (κ2) is 8.84. The SMILES string of the molecule is COCc1nnc2c3ccc(Cl)cc3nc(N3CCN(C(=O)Nc4ccccc4)[C@@H](C)C3)n12. The van der Waals surface area contributed by atoms with Crippen LogP contribution in [0.2, 0.25) is 5.02 Å². The molecule has 0 unspecified atom stereocenters. The van der Waals surface area contributed by atoms with Crippen LogP contribution in [-0.4, -0.2) is 63.3 Å². The Morgan fingerprint density at radius 1 is 1.18 bits per heavy atom. The summed E-state index contributed by atoms with van der Waals surface area (Å²) in [5.74, 6) is 1.38. The molecule has 10 heteroatoms. The summed E-state index contributed by atoms with van der Waals surface area (Å²) in [5, 5.41) is 13.2. The molecule has 1 aliphatic heterocycles. The number of aromatic nitrogens is 4. The predicted octanol–water partition coefficient (Wildman–Crippen LogP) is 3.82. The number of hydrogen-bond donors (Lipinski definition) is 1. The number of rotatable bonds is 4. The monoisotopic (exact) mass is 465 g/mol. The molecule has 5 rings (SSSR count). The molecule has 3 heterocycles. The van der Waals surface area contributed by atoms with E-state index in [-0.39, 0.29) is 12.1 Å². The van der Waals surface area contributed by atoms with Gasteiger partial charge in [-0.2, -0.15) is 0 Å². The number of benzene rings is 2. The van der Waals surface area contributed by atoms with Gasteiger partial charge in [-0.3, -0.25) is 0 Å². The lowest BCUT2D eigenvalue weighted by Crippen LogP contribution is -2.55. The fourth-order valence-electron chi connectivity index (χ4n) is 4.24. The van der Waals surface area contributed by atoms with Crippen molar-refractivity contribution < 1.29 is 9.53 Å². The molecule has 1 N–H and O–H groups in total. The zero-order chi connectivity index (χ0) is 22.9. The van der Waals surface area contributed by atoms with E-state index in [1.807, 2.05) is 64.8 Å². The van der Waals surface area contributed by atoms with Gasteiger partial charge in [-0.15, -0.1) is 10.2 Å². The molecule has 0 spiro atoms. The van der Waals surface area contributed by atoms with Crippen molar-refractivity contribution in [3.05, 3.63) is 59.4 Å². The number of fused-ring (bicyclic) bond motifs is 3. The number of nitrogens with zero attached hydrogens (tertiary/aromatic N) is 6. The van der Waals surface area contributed by atoms with Crippen molar-refractivity contribution in [2.75, 3.05) is 37.0 Å². The summed E-state index contributed by atoms with van der Waals surface area (Å²) in [4.78, 5) is 21.8. The number of halogens is 1. The van der Waals surface area contributed by atoms with Crippen LogP contribution in [0.25, 0.3) is 16.6 Å². The Labute approximate surface area is 195 Å². The fourth-order valence-corrected chi connectivity index (χ4v) is 4.40. The zero-order valence-corrected chi connectivity index (χ0v) is 19.2. The van der Waals surface area contributed by atoms with Gasteiger partial charge < -0.3 is 19.9 Å². The fraction of sp³-hybridized carbons (Fsp3) is 0.304. The highest BCUT2D eigenvalue weighted by molar-refractivity contribution is 6.31. The van der Waals surface area contributed by atoms with Gasteiger partial charge in [0.1, 0.15) is 6.61 Å². The van der Waals surface area contributed by atoms with Crippen molar-refractivity contribution in [1.29, 1.82) is 0 Å². The van der Waals surface area contributed by atoms with Crippen molar-refractivity contribution in [2.24, 2.45) is 0 Å². The smallest absolute Gasteiger partial charge is 0.322 e. The first-order valence-electron chi connectivity index (χ1n) is 10.7. The first-order chi connectivity index (χ1) is 16.0. The summed E-state index contributed by atoms with van der Waals surface area (Å²) in [6, 6.07) is 14.9. The minimum atomic E-state index is -0.110. The molecule has 4 aromatic rings. The van der Waals surface area contributed by atoms with Gasteiger partial charge in [0.25, 0.3) is 0 Å². The Bertz CT molecular complexity index is 1310. The van der Waals surface area contributed by atoms with Gasteiger partial charge in [-0.1, -0.05) is 29.8 Å². The molecular formula is C23H24ClN7O2. The summed E-state index contributed by atoms with van der Waals surface area (Å²) in [6.07, 6.45) is 0. The van der Waals surface area contributed by atoms with Crippen LogP contribution < -0.4 is 10.2 Å². The molecule has 33 heavy (non-hydrogen) atoms. The lowest BCUT2D eigenvalue weighted by molar-refractivity contribution is 0.176. The second-order valence-electron chi connectivity index (χ2n) is 8.07. The summed E-state index contributed by atoms with van der Waals surface area (Å²) >= 11 is 6.24. The first-order valence-corrected chi connectivity index (χ1v) is 11.1. The average molecular weight is 466 g/mol. The van der Waals surface area contributed by atoms with E-state index in [1.54, 1.807) is 7.11 Å². The molecule has 1 aliphatic rings. The van der Waals surface area contributed by atoms with E-state index in [2.05, 4.69) is 20.4 Å². The molecular weight excluding hydrogens is 442 g/mol. The first kappa shape index (κ1) is 21.4. The number of urea groups is 1.